The van der Waals surface area contributed by atoms with Crippen molar-refractivity contribution in [3.05, 3.63) is 64.7 Å². The van der Waals surface area contributed by atoms with Crippen LogP contribution in [0.5, 0.6) is 0 Å². The molecule has 1 saturated heterocycles. The Kier molecular flexibility index (Phi) is 5.53. The fraction of sp³-hybridized carbons (Fsp3) is 0.483. The van der Waals surface area contributed by atoms with Crippen LogP contribution in [0.25, 0.3) is 22.4 Å². The molecule has 3 aliphatic rings. The summed E-state index contributed by atoms with van der Waals surface area (Å²) in [6, 6.07) is 6.13. The third-order valence-electron chi connectivity index (χ3n) is 8.35. The molecule has 3 aromatic heterocycles. The third kappa shape index (κ3) is 4.21. The van der Waals surface area contributed by atoms with Crippen molar-refractivity contribution in [2.75, 3.05) is 6.61 Å². The van der Waals surface area contributed by atoms with Crippen molar-refractivity contribution in [3.8, 4) is 11.3 Å². The summed E-state index contributed by atoms with van der Waals surface area (Å²) in [5.41, 5.74) is 5.86. The number of nitrogens with zero attached hydrogens (tertiary/aromatic N) is 6. The van der Waals surface area contributed by atoms with Gasteiger partial charge in [-0.3, -0.25) is 4.68 Å². The summed E-state index contributed by atoms with van der Waals surface area (Å²) in [6.07, 6.45) is 11.4. The number of benzene rings is 1. The van der Waals surface area contributed by atoms with Crippen molar-refractivity contribution < 1.29 is 9.13 Å². The Bertz CT molecular complexity index is 1490. The number of hydrogen-bond donors (Lipinski definition) is 0. The van der Waals surface area contributed by atoms with Crippen molar-refractivity contribution >= 4 is 11.2 Å². The van der Waals surface area contributed by atoms with Crippen LogP contribution in [-0.4, -0.2) is 36.3 Å². The predicted molar refractivity (Wildman–Crippen MR) is 138 cm³/mol. The molecule has 7 nitrogen and oxygen atoms in total. The van der Waals surface area contributed by atoms with E-state index in [1.54, 1.807) is 6.07 Å². The number of hydrogen-bond acceptors (Lipinski definition) is 6. The summed E-state index contributed by atoms with van der Waals surface area (Å²) in [7, 11) is 0. The number of aromatic nitrogens is 6. The largest absolute Gasteiger partial charge is 0.373 e. The standard InChI is InChI=1S/C29H31FN6O/c1-16-17(2)33-29-27(32-16)26(23-9-6-19(12-24(23)30)18-4-3-5-18)34-28(35-29)20-10-11-37-25(13-20)21-14-31-36(15-21)22-7-8-22/h6,9,12,14-15,18,20,22,25H,3-5,7-8,10-11,13H2,1-2H3/t20-,25+/m1/s1. The zero-order valence-electron chi connectivity index (χ0n) is 21.3. The van der Waals surface area contributed by atoms with E-state index in [1.165, 1.54) is 19.3 Å². The van der Waals surface area contributed by atoms with E-state index in [0.717, 1.165) is 48.2 Å². The molecular formula is C29H31FN6O. The van der Waals surface area contributed by atoms with Crippen LogP contribution in [0.15, 0.2) is 30.6 Å². The van der Waals surface area contributed by atoms with Gasteiger partial charge in [0.1, 0.15) is 22.9 Å². The van der Waals surface area contributed by atoms with Crippen molar-refractivity contribution in [1.29, 1.82) is 0 Å². The highest BCUT2D eigenvalue weighted by Crippen LogP contribution is 2.41. The molecule has 0 amide bonds. The molecule has 1 aliphatic heterocycles. The molecule has 4 aromatic rings. The lowest BCUT2D eigenvalue weighted by Gasteiger charge is -2.28. The van der Waals surface area contributed by atoms with Crippen LogP contribution >= 0.6 is 0 Å². The van der Waals surface area contributed by atoms with Crippen LogP contribution in [0.2, 0.25) is 0 Å². The average molecular weight is 499 g/mol. The summed E-state index contributed by atoms with van der Waals surface area (Å²) in [4.78, 5) is 19.4. The smallest absolute Gasteiger partial charge is 0.182 e. The van der Waals surface area contributed by atoms with Gasteiger partial charge >= 0.3 is 0 Å². The van der Waals surface area contributed by atoms with E-state index in [4.69, 9.17) is 24.7 Å². The van der Waals surface area contributed by atoms with Gasteiger partial charge in [0.25, 0.3) is 0 Å². The molecule has 4 heterocycles. The molecule has 7 rings (SSSR count). The van der Waals surface area contributed by atoms with Gasteiger partial charge in [-0.1, -0.05) is 12.5 Å². The molecular weight excluding hydrogens is 467 g/mol. The maximum absolute atomic E-state index is 15.6. The van der Waals surface area contributed by atoms with Gasteiger partial charge in [-0.2, -0.15) is 5.10 Å². The highest BCUT2D eigenvalue weighted by Gasteiger charge is 2.31. The normalized spacial score (nSPS) is 22.4. The second kappa shape index (κ2) is 8.94. The van der Waals surface area contributed by atoms with Crippen LogP contribution in [0.3, 0.4) is 0 Å². The lowest BCUT2D eigenvalue weighted by molar-refractivity contribution is 0.00396. The molecule has 2 atom stereocenters. The second-order valence-electron chi connectivity index (χ2n) is 10.9. The topological polar surface area (TPSA) is 78.6 Å². The Morgan fingerprint density at radius 2 is 1.76 bits per heavy atom. The number of aryl methyl sites for hydroxylation is 2. The minimum Gasteiger partial charge on any atom is -0.373 e. The van der Waals surface area contributed by atoms with Crippen molar-refractivity contribution in [1.82, 2.24) is 29.7 Å². The fourth-order valence-electron chi connectivity index (χ4n) is 5.54. The molecule has 190 valence electrons. The first kappa shape index (κ1) is 22.9. The van der Waals surface area contributed by atoms with Crippen molar-refractivity contribution in [2.45, 2.75) is 82.8 Å². The molecule has 0 spiro atoms. The third-order valence-corrected chi connectivity index (χ3v) is 8.35. The van der Waals surface area contributed by atoms with Gasteiger partial charge in [-0.15, -0.1) is 0 Å². The molecule has 1 aromatic carbocycles. The highest BCUT2D eigenvalue weighted by atomic mass is 19.1. The lowest BCUT2D eigenvalue weighted by Crippen LogP contribution is -2.20. The number of fused-ring (bicyclic) bond motifs is 1. The fourth-order valence-corrected chi connectivity index (χ4v) is 5.54. The summed E-state index contributed by atoms with van der Waals surface area (Å²) >= 11 is 0. The van der Waals surface area contributed by atoms with Crippen LogP contribution in [-0.2, 0) is 4.74 Å². The summed E-state index contributed by atoms with van der Waals surface area (Å²) in [5, 5.41) is 4.55. The Morgan fingerprint density at radius 3 is 2.51 bits per heavy atom. The molecule has 3 fully saturated rings. The second-order valence-corrected chi connectivity index (χ2v) is 10.9. The van der Waals surface area contributed by atoms with Crippen LogP contribution in [0.1, 0.15) is 97.3 Å². The molecule has 37 heavy (non-hydrogen) atoms. The van der Waals surface area contributed by atoms with Gasteiger partial charge < -0.3 is 4.74 Å². The molecule has 0 radical (unpaired) electrons. The average Bonchev–Trinajstić information content (AvgIpc) is 3.60. The predicted octanol–water partition coefficient (Wildman–Crippen LogP) is 6.28. The molecule has 8 heteroatoms. The Balaban J connectivity index is 1.27. The van der Waals surface area contributed by atoms with Crippen LogP contribution in [0, 0.1) is 19.7 Å². The molecule has 0 bridgehead atoms. The Labute approximate surface area is 215 Å². The van der Waals surface area contributed by atoms with Gasteiger partial charge in [0.15, 0.2) is 5.65 Å². The summed E-state index contributed by atoms with van der Waals surface area (Å²) in [5.74, 6) is 0.972. The van der Waals surface area contributed by atoms with E-state index >= 15 is 4.39 Å². The van der Waals surface area contributed by atoms with Gasteiger partial charge in [0, 0.05) is 29.8 Å². The summed E-state index contributed by atoms with van der Waals surface area (Å²) < 4.78 is 23.8. The maximum Gasteiger partial charge on any atom is 0.182 e. The van der Waals surface area contributed by atoms with E-state index in [9.17, 15) is 0 Å². The SMILES string of the molecule is Cc1nc2nc([C@@H]3CCO[C@H](c4cnn(C5CC5)c4)C3)nc(-c3ccc(C4CCC4)cc3F)c2nc1C. The quantitative estimate of drug-likeness (QED) is 0.322. The summed E-state index contributed by atoms with van der Waals surface area (Å²) in [6.45, 7) is 4.46. The van der Waals surface area contributed by atoms with Crippen LogP contribution in [0.4, 0.5) is 4.39 Å². The van der Waals surface area contributed by atoms with Gasteiger partial charge in [0.2, 0.25) is 0 Å². The number of ether oxygens (including phenoxy) is 1. The number of halogens is 1. The van der Waals surface area contributed by atoms with E-state index < -0.39 is 0 Å². The van der Waals surface area contributed by atoms with Crippen LogP contribution < -0.4 is 0 Å². The van der Waals surface area contributed by atoms with Gasteiger partial charge in [-0.25, -0.2) is 24.3 Å². The molecule has 2 aliphatic carbocycles. The maximum atomic E-state index is 15.6. The first-order chi connectivity index (χ1) is 18.0. The molecule has 2 saturated carbocycles. The zero-order chi connectivity index (χ0) is 25.1. The van der Waals surface area contributed by atoms with Gasteiger partial charge in [0.05, 0.1) is 29.7 Å². The Hall–Kier alpha value is -3.26. The minimum absolute atomic E-state index is 0.0571. The van der Waals surface area contributed by atoms with E-state index in [1.807, 2.05) is 32.2 Å². The minimum atomic E-state index is -0.257. The van der Waals surface area contributed by atoms with Crippen molar-refractivity contribution in [2.24, 2.45) is 0 Å². The Morgan fingerprint density at radius 1 is 0.919 bits per heavy atom. The first-order valence-corrected chi connectivity index (χ1v) is 13.5. The lowest BCUT2D eigenvalue weighted by atomic mass is 9.80. The highest BCUT2D eigenvalue weighted by molar-refractivity contribution is 5.87. The monoisotopic (exact) mass is 498 g/mol. The first-order valence-electron chi connectivity index (χ1n) is 13.5. The molecule has 0 unspecified atom stereocenters. The van der Waals surface area contributed by atoms with E-state index in [-0.39, 0.29) is 17.8 Å². The van der Waals surface area contributed by atoms with Gasteiger partial charge in [-0.05, 0) is 76.0 Å². The zero-order valence-corrected chi connectivity index (χ0v) is 21.3. The van der Waals surface area contributed by atoms with Crippen molar-refractivity contribution in [3.63, 3.8) is 0 Å². The van der Waals surface area contributed by atoms with E-state index in [0.29, 0.717) is 46.8 Å². The number of rotatable bonds is 5. The van der Waals surface area contributed by atoms with E-state index in [2.05, 4.69) is 16.0 Å². The molecule has 0 N–H and O–H groups in total.